The molecule has 0 aliphatic carbocycles. The van der Waals surface area contributed by atoms with E-state index in [4.69, 9.17) is 21.1 Å². The summed E-state index contributed by atoms with van der Waals surface area (Å²) in [6.45, 7) is 4.14. The van der Waals surface area contributed by atoms with Crippen molar-refractivity contribution in [1.29, 1.82) is 0 Å². The zero-order chi connectivity index (χ0) is 18.5. The second kappa shape index (κ2) is 8.62. The van der Waals surface area contributed by atoms with Crippen LogP contribution < -0.4 is 14.4 Å². The van der Waals surface area contributed by atoms with E-state index in [0.717, 1.165) is 42.5 Å². The zero-order valence-electron chi connectivity index (χ0n) is 15.2. The lowest BCUT2D eigenvalue weighted by Gasteiger charge is -2.37. The lowest BCUT2D eigenvalue weighted by molar-refractivity contribution is 0.109. The minimum absolute atomic E-state index is 0.568. The van der Waals surface area contributed by atoms with E-state index in [2.05, 4.69) is 15.9 Å². The van der Waals surface area contributed by atoms with E-state index in [1.807, 2.05) is 36.4 Å². The maximum absolute atomic E-state index is 10.6. The van der Waals surface area contributed by atoms with E-state index in [9.17, 15) is 5.11 Å². The van der Waals surface area contributed by atoms with Crippen LogP contribution in [0.4, 0.5) is 5.69 Å². The molecule has 0 spiro atoms. The van der Waals surface area contributed by atoms with Gasteiger partial charge in [-0.3, -0.25) is 4.90 Å². The fourth-order valence-corrected chi connectivity index (χ4v) is 3.54. The number of anilines is 1. The summed E-state index contributed by atoms with van der Waals surface area (Å²) in [7, 11) is 3.20. The molecule has 1 saturated heterocycles. The Hall–Kier alpha value is -1.95. The number of benzene rings is 2. The molecule has 0 bridgehead atoms. The number of rotatable bonds is 6. The lowest BCUT2D eigenvalue weighted by atomic mass is 10.1. The largest absolute Gasteiger partial charge is 0.493 e. The topological polar surface area (TPSA) is 45.2 Å². The number of β-amino-alcohol motifs (C(OH)–C–C–N with tert-alkyl or cyclic N) is 1. The van der Waals surface area contributed by atoms with Crippen molar-refractivity contribution in [2.24, 2.45) is 0 Å². The number of nitrogens with zero attached hydrogens (tertiary/aromatic N) is 2. The van der Waals surface area contributed by atoms with Crippen LogP contribution in [0.1, 0.15) is 11.7 Å². The van der Waals surface area contributed by atoms with Gasteiger partial charge < -0.3 is 19.5 Å². The maximum Gasteiger partial charge on any atom is 0.161 e. The van der Waals surface area contributed by atoms with Crippen LogP contribution in [0.3, 0.4) is 0 Å². The molecule has 6 heteroatoms. The van der Waals surface area contributed by atoms with Gasteiger partial charge in [-0.25, -0.2) is 0 Å². The van der Waals surface area contributed by atoms with Crippen molar-refractivity contribution in [2.45, 2.75) is 6.10 Å². The second-order valence-corrected chi connectivity index (χ2v) is 6.78. The van der Waals surface area contributed by atoms with E-state index >= 15 is 0 Å². The van der Waals surface area contributed by atoms with Crippen molar-refractivity contribution in [2.75, 3.05) is 51.8 Å². The molecular formula is C20H25ClN2O3. The quantitative estimate of drug-likeness (QED) is 0.838. The number of para-hydroxylation sites is 1. The molecule has 26 heavy (non-hydrogen) atoms. The third-order valence-electron chi connectivity index (χ3n) is 4.79. The molecule has 1 aliphatic rings. The minimum atomic E-state index is -0.568. The maximum atomic E-state index is 10.6. The van der Waals surface area contributed by atoms with E-state index in [-0.39, 0.29) is 0 Å². The SMILES string of the molecule is COc1ccc([C@@H](O)CN2CCN(c3ccccc3Cl)CC2)cc1OC. The molecule has 2 aromatic rings. The zero-order valence-corrected chi connectivity index (χ0v) is 15.9. The number of ether oxygens (including phenoxy) is 2. The van der Waals surface area contributed by atoms with E-state index in [1.54, 1.807) is 14.2 Å². The van der Waals surface area contributed by atoms with Gasteiger partial charge in [0.1, 0.15) is 0 Å². The molecule has 1 heterocycles. The first kappa shape index (κ1) is 18.8. The van der Waals surface area contributed by atoms with Crippen LogP contribution in [-0.2, 0) is 0 Å². The van der Waals surface area contributed by atoms with Crippen LogP contribution in [0.25, 0.3) is 0 Å². The molecule has 1 N–H and O–H groups in total. The van der Waals surface area contributed by atoms with Crippen LogP contribution >= 0.6 is 11.6 Å². The monoisotopic (exact) mass is 376 g/mol. The number of halogens is 1. The average molecular weight is 377 g/mol. The van der Waals surface area contributed by atoms with Crippen molar-refractivity contribution in [3.8, 4) is 11.5 Å². The summed E-state index contributed by atoms with van der Waals surface area (Å²) < 4.78 is 10.6. The van der Waals surface area contributed by atoms with Gasteiger partial charge in [-0.15, -0.1) is 0 Å². The van der Waals surface area contributed by atoms with Gasteiger partial charge in [0.2, 0.25) is 0 Å². The Morgan fingerprint density at radius 3 is 2.35 bits per heavy atom. The summed E-state index contributed by atoms with van der Waals surface area (Å²) in [6, 6.07) is 13.5. The van der Waals surface area contributed by atoms with Crippen LogP contribution in [0, 0.1) is 0 Å². The van der Waals surface area contributed by atoms with Gasteiger partial charge in [0.15, 0.2) is 11.5 Å². The summed E-state index contributed by atoms with van der Waals surface area (Å²) in [5.41, 5.74) is 1.91. The molecule has 2 aromatic carbocycles. The fourth-order valence-electron chi connectivity index (χ4n) is 3.29. The molecule has 1 atom stereocenters. The lowest BCUT2D eigenvalue weighted by Crippen LogP contribution is -2.47. The molecule has 3 rings (SSSR count). The standard InChI is InChI=1S/C20H25ClN2O3/c1-25-19-8-7-15(13-20(19)26-2)18(24)14-22-9-11-23(12-10-22)17-6-4-3-5-16(17)21/h3-8,13,18,24H,9-12,14H2,1-2H3/t18-/m0/s1. The first-order valence-electron chi connectivity index (χ1n) is 8.74. The molecule has 0 amide bonds. The van der Waals surface area contributed by atoms with E-state index < -0.39 is 6.10 Å². The summed E-state index contributed by atoms with van der Waals surface area (Å²) in [5, 5.41) is 11.4. The van der Waals surface area contributed by atoms with Crippen molar-refractivity contribution in [3.63, 3.8) is 0 Å². The highest BCUT2D eigenvalue weighted by atomic mass is 35.5. The Morgan fingerprint density at radius 2 is 1.69 bits per heavy atom. The van der Waals surface area contributed by atoms with Crippen LogP contribution in [-0.4, -0.2) is 56.9 Å². The third kappa shape index (κ3) is 4.23. The van der Waals surface area contributed by atoms with Gasteiger partial charge >= 0.3 is 0 Å². The molecular weight excluding hydrogens is 352 g/mol. The number of aliphatic hydroxyl groups excluding tert-OH is 1. The van der Waals surface area contributed by atoms with E-state index in [1.165, 1.54) is 0 Å². The first-order valence-corrected chi connectivity index (χ1v) is 9.12. The summed E-state index contributed by atoms with van der Waals surface area (Å²) in [4.78, 5) is 4.57. The Bertz CT molecular complexity index is 733. The predicted molar refractivity (Wildman–Crippen MR) is 105 cm³/mol. The van der Waals surface area contributed by atoms with Crippen LogP contribution in [0.5, 0.6) is 11.5 Å². The van der Waals surface area contributed by atoms with Gasteiger partial charge in [0.25, 0.3) is 0 Å². The molecule has 0 unspecified atom stereocenters. The van der Waals surface area contributed by atoms with Crippen LogP contribution in [0.15, 0.2) is 42.5 Å². The van der Waals surface area contributed by atoms with Crippen LogP contribution in [0.2, 0.25) is 5.02 Å². The Balaban J connectivity index is 1.58. The van der Waals surface area contributed by atoms with Gasteiger partial charge in [-0.1, -0.05) is 29.8 Å². The number of methoxy groups -OCH3 is 2. The minimum Gasteiger partial charge on any atom is -0.493 e. The highest BCUT2D eigenvalue weighted by Crippen LogP contribution is 2.31. The van der Waals surface area contributed by atoms with Gasteiger partial charge in [-0.05, 0) is 29.8 Å². The van der Waals surface area contributed by atoms with Crippen molar-refractivity contribution in [1.82, 2.24) is 4.90 Å². The third-order valence-corrected chi connectivity index (χ3v) is 5.11. The highest BCUT2D eigenvalue weighted by molar-refractivity contribution is 6.33. The van der Waals surface area contributed by atoms with Crippen molar-refractivity contribution < 1.29 is 14.6 Å². The molecule has 0 saturated carbocycles. The molecule has 5 nitrogen and oxygen atoms in total. The average Bonchev–Trinajstić information content (AvgIpc) is 2.68. The number of aliphatic hydroxyl groups is 1. The summed E-state index contributed by atoms with van der Waals surface area (Å²) >= 11 is 6.29. The van der Waals surface area contributed by atoms with E-state index in [0.29, 0.717) is 18.0 Å². The Morgan fingerprint density at radius 1 is 1.00 bits per heavy atom. The number of hydrogen-bond acceptors (Lipinski definition) is 5. The summed E-state index contributed by atoms with van der Waals surface area (Å²) in [5.74, 6) is 1.30. The predicted octanol–water partition coefficient (Wildman–Crippen LogP) is 3.21. The molecule has 0 radical (unpaired) electrons. The number of hydrogen-bond donors (Lipinski definition) is 1. The van der Waals surface area contributed by atoms with Gasteiger partial charge in [-0.2, -0.15) is 0 Å². The highest BCUT2D eigenvalue weighted by Gasteiger charge is 2.21. The fraction of sp³-hybridized carbons (Fsp3) is 0.400. The normalized spacial score (nSPS) is 16.4. The molecule has 1 aliphatic heterocycles. The van der Waals surface area contributed by atoms with Crippen molar-refractivity contribution in [3.05, 3.63) is 53.1 Å². The Labute approximate surface area is 159 Å². The number of piperazine rings is 1. The van der Waals surface area contributed by atoms with Gasteiger partial charge in [0.05, 0.1) is 31.0 Å². The van der Waals surface area contributed by atoms with Crippen molar-refractivity contribution >= 4 is 17.3 Å². The Kier molecular flexibility index (Phi) is 6.25. The first-order chi connectivity index (χ1) is 12.6. The molecule has 0 aromatic heterocycles. The molecule has 1 fully saturated rings. The molecule has 140 valence electrons. The smallest absolute Gasteiger partial charge is 0.161 e. The van der Waals surface area contributed by atoms with Gasteiger partial charge in [0, 0.05) is 32.7 Å². The summed E-state index contributed by atoms with van der Waals surface area (Å²) in [6.07, 6.45) is -0.568. The second-order valence-electron chi connectivity index (χ2n) is 6.37.